The van der Waals surface area contributed by atoms with Gasteiger partial charge in [-0.3, -0.25) is 4.79 Å². The van der Waals surface area contributed by atoms with Crippen LogP contribution in [-0.4, -0.2) is 90.5 Å². The second-order valence-corrected chi connectivity index (χ2v) is 10.2. The first-order valence-electron chi connectivity index (χ1n) is 15.7. The quantitative estimate of drug-likeness (QED) is 0.121. The zero-order chi connectivity index (χ0) is 32.2. The summed E-state index contributed by atoms with van der Waals surface area (Å²) in [4.78, 5) is 37.4. The Kier molecular flexibility index (Phi) is 21.3. The summed E-state index contributed by atoms with van der Waals surface area (Å²) < 4.78 is 27.0. The first kappa shape index (κ1) is 37.5. The zero-order valence-electron chi connectivity index (χ0n) is 26.4. The molecule has 3 amide bonds. The van der Waals surface area contributed by atoms with E-state index in [1.165, 1.54) is 0 Å². The van der Waals surface area contributed by atoms with Gasteiger partial charge in [-0.15, -0.1) is 0 Å². The average Bonchev–Trinajstić information content (AvgIpc) is 3.06. The van der Waals surface area contributed by atoms with Gasteiger partial charge in [0.1, 0.15) is 19.3 Å². The minimum atomic E-state index is -0.784. The van der Waals surface area contributed by atoms with Crippen molar-refractivity contribution in [2.75, 3.05) is 66.3 Å². The Labute approximate surface area is 266 Å². The highest BCUT2D eigenvalue weighted by molar-refractivity contribution is 5.85. The van der Waals surface area contributed by atoms with Crippen LogP contribution >= 0.6 is 0 Å². The smallest absolute Gasteiger partial charge is 0.408 e. The molecule has 0 unspecified atom stereocenters. The molecule has 2 rings (SSSR count). The molecule has 0 aliphatic heterocycles. The van der Waals surface area contributed by atoms with Crippen LogP contribution in [0.1, 0.15) is 43.2 Å². The van der Waals surface area contributed by atoms with E-state index in [1.54, 1.807) is 0 Å². The van der Waals surface area contributed by atoms with Gasteiger partial charge < -0.3 is 45.0 Å². The van der Waals surface area contributed by atoms with Crippen molar-refractivity contribution in [1.29, 1.82) is 0 Å². The average molecular weight is 631 g/mol. The van der Waals surface area contributed by atoms with Crippen LogP contribution in [0.3, 0.4) is 0 Å². The molecule has 1 atom stereocenters. The largest absolute Gasteiger partial charge is 0.445 e. The molecule has 0 radical (unpaired) electrons. The summed E-state index contributed by atoms with van der Waals surface area (Å²) >= 11 is 0. The number of hydrogen-bond donors (Lipinski definition) is 4. The lowest BCUT2D eigenvalue weighted by atomic mass is 10.1. The van der Waals surface area contributed by atoms with E-state index in [4.69, 9.17) is 23.7 Å². The van der Waals surface area contributed by atoms with Gasteiger partial charge in [0.15, 0.2) is 0 Å². The number of hydrogen-bond acceptors (Lipinski definition) is 9. The van der Waals surface area contributed by atoms with Crippen molar-refractivity contribution in [3.05, 3.63) is 71.8 Å². The molecule has 0 spiro atoms. The number of unbranched alkanes of at least 4 members (excludes halogenated alkanes) is 1. The van der Waals surface area contributed by atoms with E-state index in [0.717, 1.165) is 24.1 Å². The highest BCUT2D eigenvalue weighted by Gasteiger charge is 2.21. The van der Waals surface area contributed by atoms with Gasteiger partial charge in [0.25, 0.3) is 0 Å². The Hall–Kier alpha value is -3.71. The fourth-order valence-corrected chi connectivity index (χ4v) is 4.02. The number of carbonyl (C=O) groups excluding carboxylic acids is 3. The highest BCUT2D eigenvalue weighted by Crippen LogP contribution is 2.05. The third kappa shape index (κ3) is 20.0. The third-order valence-electron chi connectivity index (χ3n) is 6.45. The lowest BCUT2D eigenvalue weighted by Gasteiger charge is -2.18. The molecular formula is C33H50N4O8. The number of alkyl carbamates (subject to hydrolysis) is 2. The van der Waals surface area contributed by atoms with Crippen molar-refractivity contribution in [2.45, 2.75) is 51.4 Å². The first-order valence-corrected chi connectivity index (χ1v) is 15.7. The van der Waals surface area contributed by atoms with E-state index >= 15 is 0 Å². The maximum Gasteiger partial charge on any atom is 0.408 e. The summed E-state index contributed by atoms with van der Waals surface area (Å²) in [5.41, 5.74) is 1.75. The normalized spacial score (nSPS) is 11.4. The van der Waals surface area contributed by atoms with Gasteiger partial charge in [0.2, 0.25) is 5.91 Å². The van der Waals surface area contributed by atoms with E-state index in [2.05, 4.69) is 21.3 Å². The summed E-state index contributed by atoms with van der Waals surface area (Å²) in [5, 5.41) is 11.3. The van der Waals surface area contributed by atoms with Gasteiger partial charge in [-0.1, -0.05) is 60.7 Å². The molecule has 45 heavy (non-hydrogen) atoms. The zero-order valence-corrected chi connectivity index (χ0v) is 26.4. The first-order chi connectivity index (χ1) is 22.1. The summed E-state index contributed by atoms with van der Waals surface area (Å²) in [6.07, 6.45) is 1.96. The molecule has 0 aliphatic carbocycles. The van der Waals surface area contributed by atoms with Crippen LogP contribution < -0.4 is 21.3 Å². The molecule has 4 N–H and O–H groups in total. The fourth-order valence-electron chi connectivity index (χ4n) is 4.02. The second-order valence-electron chi connectivity index (χ2n) is 10.2. The molecule has 0 heterocycles. The van der Waals surface area contributed by atoms with Gasteiger partial charge in [-0.25, -0.2) is 9.59 Å². The van der Waals surface area contributed by atoms with Crippen molar-refractivity contribution in [1.82, 2.24) is 21.3 Å². The van der Waals surface area contributed by atoms with Crippen molar-refractivity contribution in [3.63, 3.8) is 0 Å². The third-order valence-corrected chi connectivity index (χ3v) is 6.45. The predicted octanol–water partition coefficient (Wildman–Crippen LogP) is 3.54. The van der Waals surface area contributed by atoms with E-state index in [9.17, 15) is 14.4 Å². The number of rotatable bonds is 25. The van der Waals surface area contributed by atoms with Gasteiger partial charge in [-0.05, 0) is 56.8 Å². The van der Waals surface area contributed by atoms with E-state index in [1.807, 2.05) is 67.7 Å². The van der Waals surface area contributed by atoms with E-state index in [0.29, 0.717) is 78.4 Å². The summed E-state index contributed by atoms with van der Waals surface area (Å²) in [6.45, 7) is 5.18. The summed E-state index contributed by atoms with van der Waals surface area (Å²) in [5.74, 6) is -0.306. The van der Waals surface area contributed by atoms with Gasteiger partial charge in [0.05, 0.1) is 26.4 Å². The maximum atomic E-state index is 12.9. The molecule has 0 saturated carbocycles. The lowest BCUT2D eigenvalue weighted by molar-refractivity contribution is -0.123. The van der Waals surface area contributed by atoms with Crippen molar-refractivity contribution >= 4 is 18.1 Å². The number of benzene rings is 2. The molecule has 0 fully saturated rings. The predicted molar refractivity (Wildman–Crippen MR) is 171 cm³/mol. The van der Waals surface area contributed by atoms with Crippen LogP contribution in [0.2, 0.25) is 0 Å². The Morgan fingerprint density at radius 1 is 0.600 bits per heavy atom. The number of carbonyl (C=O) groups is 3. The number of nitrogens with one attached hydrogen (secondary N) is 4. The van der Waals surface area contributed by atoms with Crippen LogP contribution in [0.4, 0.5) is 9.59 Å². The fraction of sp³-hybridized carbons (Fsp3) is 0.545. The second kappa shape index (κ2) is 25.6. The van der Waals surface area contributed by atoms with E-state index < -0.39 is 18.2 Å². The molecule has 12 heteroatoms. The van der Waals surface area contributed by atoms with Crippen LogP contribution in [0, 0.1) is 0 Å². The lowest BCUT2D eigenvalue weighted by Crippen LogP contribution is -2.47. The molecule has 0 bridgehead atoms. The number of ether oxygens (including phenoxy) is 5. The van der Waals surface area contributed by atoms with Gasteiger partial charge >= 0.3 is 12.2 Å². The Bertz CT molecular complexity index is 1050. The Morgan fingerprint density at radius 3 is 1.69 bits per heavy atom. The van der Waals surface area contributed by atoms with E-state index in [-0.39, 0.29) is 19.1 Å². The molecule has 0 aromatic heterocycles. The molecule has 0 saturated heterocycles. The Morgan fingerprint density at radius 2 is 1.11 bits per heavy atom. The number of amides is 3. The molecule has 12 nitrogen and oxygen atoms in total. The van der Waals surface area contributed by atoms with Crippen molar-refractivity contribution < 1.29 is 38.1 Å². The maximum absolute atomic E-state index is 12.9. The van der Waals surface area contributed by atoms with Crippen molar-refractivity contribution in [3.8, 4) is 0 Å². The minimum Gasteiger partial charge on any atom is -0.445 e. The summed E-state index contributed by atoms with van der Waals surface area (Å²) in [6, 6.07) is 17.9. The van der Waals surface area contributed by atoms with Crippen LogP contribution in [-0.2, 0) is 41.7 Å². The van der Waals surface area contributed by atoms with Crippen LogP contribution in [0.15, 0.2) is 60.7 Å². The molecule has 250 valence electrons. The van der Waals surface area contributed by atoms with Crippen LogP contribution in [0.25, 0.3) is 0 Å². The molecular weight excluding hydrogens is 580 g/mol. The topological polar surface area (TPSA) is 145 Å². The highest BCUT2D eigenvalue weighted by atomic mass is 16.6. The SMILES string of the molecule is CNCCCOCCOCCOCCCNC(=O)[C@H](CCCCNC(=O)OCc1ccccc1)NC(=O)OCc1ccccc1. The monoisotopic (exact) mass is 630 g/mol. The van der Waals surface area contributed by atoms with Crippen LogP contribution in [0.5, 0.6) is 0 Å². The van der Waals surface area contributed by atoms with Gasteiger partial charge in [0, 0.05) is 26.3 Å². The molecule has 2 aromatic rings. The van der Waals surface area contributed by atoms with Gasteiger partial charge in [-0.2, -0.15) is 0 Å². The Balaban J connectivity index is 1.62. The standard InChI is InChI=1S/C33H50N4O8/c1-34-17-10-20-41-22-24-43-25-23-42-21-11-19-35-31(38)30(37-33(40)45-27-29-14-6-3-7-15-29)16-8-9-18-36-32(39)44-26-28-12-4-2-5-13-28/h2-7,12-15,30,34H,8-11,16-27H2,1H3,(H,35,38)(H,36,39)(H,37,40)/t30-/m0/s1. The van der Waals surface area contributed by atoms with Crippen molar-refractivity contribution in [2.24, 2.45) is 0 Å². The minimum absolute atomic E-state index is 0.0980. The summed E-state index contributed by atoms with van der Waals surface area (Å²) in [7, 11) is 1.91. The molecule has 0 aliphatic rings. The molecule has 2 aromatic carbocycles.